The number of aryl methyl sites for hydroxylation is 4. The van der Waals surface area contributed by atoms with Crippen LogP contribution in [-0.2, 0) is 13.0 Å². The van der Waals surface area contributed by atoms with Crippen LogP contribution in [0.5, 0.6) is 0 Å². The third kappa shape index (κ3) is 3.99. The van der Waals surface area contributed by atoms with Crippen LogP contribution in [0.25, 0.3) is 28.0 Å². The van der Waals surface area contributed by atoms with E-state index in [-0.39, 0.29) is 11.9 Å². The van der Waals surface area contributed by atoms with E-state index in [0.29, 0.717) is 0 Å². The van der Waals surface area contributed by atoms with E-state index in [1.165, 1.54) is 52.9 Å². The molecule has 0 spiro atoms. The molecule has 0 atom stereocenters. The summed E-state index contributed by atoms with van der Waals surface area (Å²) in [5.74, 6) is 0.0712. The average molecular weight is 466 g/mol. The maximum atomic E-state index is 14.0. The molecule has 1 fully saturated rings. The lowest BCUT2D eigenvalue weighted by atomic mass is 9.94. The summed E-state index contributed by atoms with van der Waals surface area (Å²) in [6.07, 6.45) is 11.4. The SMILES string of the molecule is Cc1ccc(-c2c3c4n(c(-c5ccc(C)cc5)cn4c2C(=O)NC2CCCCC2)CCCC3)cc1. The summed E-state index contributed by atoms with van der Waals surface area (Å²) < 4.78 is 4.67. The lowest BCUT2D eigenvalue weighted by Crippen LogP contribution is -2.37. The van der Waals surface area contributed by atoms with Crippen LogP contribution in [0.4, 0.5) is 0 Å². The fraction of sp³-hybridized carbons (Fsp3) is 0.387. The van der Waals surface area contributed by atoms with Crippen LogP contribution in [0, 0.1) is 13.8 Å². The minimum absolute atomic E-state index is 0.0712. The van der Waals surface area contributed by atoms with Crippen LogP contribution in [0.15, 0.2) is 54.7 Å². The van der Waals surface area contributed by atoms with Gasteiger partial charge in [-0.2, -0.15) is 0 Å². The third-order valence-electron chi connectivity index (χ3n) is 7.98. The number of imidazole rings is 1. The van der Waals surface area contributed by atoms with Gasteiger partial charge in [-0.1, -0.05) is 78.9 Å². The lowest BCUT2D eigenvalue weighted by Gasteiger charge is -2.23. The molecule has 1 saturated carbocycles. The first kappa shape index (κ1) is 22.2. The summed E-state index contributed by atoms with van der Waals surface area (Å²) in [7, 11) is 0. The zero-order valence-electron chi connectivity index (χ0n) is 20.9. The maximum absolute atomic E-state index is 14.0. The molecule has 2 aromatic heterocycles. The molecule has 0 radical (unpaired) electrons. The zero-order chi connectivity index (χ0) is 23.9. The van der Waals surface area contributed by atoms with E-state index in [9.17, 15) is 4.79 Å². The zero-order valence-corrected chi connectivity index (χ0v) is 20.9. The Labute approximate surface area is 208 Å². The first-order valence-electron chi connectivity index (χ1n) is 13.3. The van der Waals surface area contributed by atoms with Gasteiger partial charge in [-0.15, -0.1) is 0 Å². The van der Waals surface area contributed by atoms with Crippen LogP contribution < -0.4 is 5.32 Å². The Morgan fingerprint density at radius 1 is 0.829 bits per heavy atom. The van der Waals surface area contributed by atoms with E-state index >= 15 is 0 Å². The van der Waals surface area contributed by atoms with Crippen molar-refractivity contribution in [3.63, 3.8) is 0 Å². The number of aromatic nitrogens is 2. The van der Waals surface area contributed by atoms with Crippen LogP contribution >= 0.6 is 0 Å². The van der Waals surface area contributed by atoms with Crippen molar-refractivity contribution < 1.29 is 4.79 Å². The maximum Gasteiger partial charge on any atom is 0.269 e. The number of carbonyl (C=O) groups is 1. The fourth-order valence-electron chi connectivity index (χ4n) is 6.10. The Kier molecular flexibility index (Phi) is 5.75. The van der Waals surface area contributed by atoms with Crippen molar-refractivity contribution in [2.75, 3.05) is 0 Å². The first-order chi connectivity index (χ1) is 17.1. The van der Waals surface area contributed by atoms with Gasteiger partial charge in [0.15, 0.2) is 0 Å². The summed E-state index contributed by atoms with van der Waals surface area (Å²) in [4.78, 5) is 14.0. The van der Waals surface area contributed by atoms with Crippen molar-refractivity contribution in [3.8, 4) is 22.4 Å². The van der Waals surface area contributed by atoms with Gasteiger partial charge in [0.25, 0.3) is 5.91 Å². The average Bonchev–Trinajstić information content (AvgIpc) is 3.28. The van der Waals surface area contributed by atoms with Gasteiger partial charge in [-0.25, -0.2) is 0 Å². The summed E-state index contributed by atoms with van der Waals surface area (Å²) in [5.41, 5.74) is 10.5. The summed E-state index contributed by atoms with van der Waals surface area (Å²) in [5, 5.41) is 3.43. The van der Waals surface area contributed by atoms with Crippen molar-refractivity contribution in [1.82, 2.24) is 14.3 Å². The molecule has 6 rings (SSSR count). The van der Waals surface area contributed by atoms with Crippen molar-refractivity contribution in [1.29, 1.82) is 0 Å². The number of nitrogens with zero attached hydrogens (tertiary/aromatic N) is 2. The first-order valence-corrected chi connectivity index (χ1v) is 13.3. The van der Waals surface area contributed by atoms with Crippen molar-refractivity contribution in [2.24, 2.45) is 0 Å². The predicted octanol–water partition coefficient (Wildman–Crippen LogP) is 7.09. The predicted molar refractivity (Wildman–Crippen MR) is 143 cm³/mol. The molecule has 3 heterocycles. The molecule has 0 bridgehead atoms. The molecule has 4 aromatic rings. The molecule has 1 aliphatic heterocycles. The highest BCUT2D eigenvalue weighted by molar-refractivity contribution is 6.03. The standard InChI is InChI=1S/C31H35N3O/c1-21-11-15-23(16-12-21)27-20-34-29(30(35)32-25-8-4-3-5-9-25)28(24-17-13-22(2)14-18-24)26-10-6-7-19-33(27)31(26)34/h11-18,20,25H,3-10,19H2,1-2H3,(H,32,35). The molecule has 2 aliphatic rings. The molecule has 1 amide bonds. The fourth-order valence-corrected chi connectivity index (χ4v) is 6.10. The highest BCUT2D eigenvalue weighted by Gasteiger charge is 2.30. The Bertz CT molecular complexity index is 1370. The number of nitrogens with one attached hydrogen (secondary N) is 1. The highest BCUT2D eigenvalue weighted by Crippen LogP contribution is 2.39. The van der Waals surface area contributed by atoms with E-state index < -0.39 is 0 Å². The Hall–Kier alpha value is -3.27. The van der Waals surface area contributed by atoms with Crippen LogP contribution in [0.3, 0.4) is 0 Å². The van der Waals surface area contributed by atoms with Crippen LogP contribution in [0.2, 0.25) is 0 Å². The van der Waals surface area contributed by atoms with E-state index in [1.807, 2.05) is 0 Å². The molecule has 2 aromatic carbocycles. The van der Waals surface area contributed by atoms with E-state index in [1.54, 1.807) is 0 Å². The summed E-state index contributed by atoms with van der Waals surface area (Å²) >= 11 is 0. The molecule has 1 aliphatic carbocycles. The number of benzene rings is 2. The Morgan fingerprint density at radius 2 is 1.49 bits per heavy atom. The number of carbonyl (C=O) groups excluding carboxylic acids is 1. The van der Waals surface area contributed by atoms with Crippen molar-refractivity contribution >= 4 is 11.6 Å². The largest absolute Gasteiger partial charge is 0.348 e. The van der Waals surface area contributed by atoms with Gasteiger partial charge in [0.1, 0.15) is 11.3 Å². The third-order valence-corrected chi connectivity index (χ3v) is 7.98. The highest BCUT2D eigenvalue weighted by atomic mass is 16.2. The molecule has 0 saturated heterocycles. The van der Waals surface area contributed by atoms with Gasteiger partial charge in [0, 0.05) is 29.9 Å². The topological polar surface area (TPSA) is 38.4 Å². The molecule has 1 N–H and O–H groups in total. The summed E-state index contributed by atoms with van der Waals surface area (Å²) in [6.45, 7) is 5.23. The molecule has 180 valence electrons. The van der Waals surface area contributed by atoms with Crippen LogP contribution in [-0.4, -0.2) is 20.9 Å². The van der Waals surface area contributed by atoms with Gasteiger partial charge >= 0.3 is 0 Å². The normalized spacial score (nSPS) is 16.4. The van der Waals surface area contributed by atoms with Gasteiger partial charge in [0.05, 0.1) is 5.69 Å². The smallest absolute Gasteiger partial charge is 0.269 e. The van der Waals surface area contributed by atoms with E-state index in [4.69, 9.17) is 0 Å². The monoisotopic (exact) mass is 465 g/mol. The number of hydrogen-bond acceptors (Lipinski definition) is 1. The van der Waals surface area contributed by atoms with Crippen LogP contribution in [0.1, 0.15) is 72.1 Å². The minimum Gasteiger partial charge on any atom is -0.348 e. The molecule has 4 heteroatoms. The van der Waals surface area contributed by atoms with Gasteiger partial charge in [-0.05, 0) is 57.1 Å². The number of amides is 1. The number of rotatable bonds is 4. The number of hydrogen-bond donors (Lipinski definition) is 1. The van der Waals surface area contributed by atoms with E-state index in [2.05, 4.69) is 82.9 Å². The van der Waals surface area contributed by atoms with Gasteiger partial charge in [-0.3, -0.25) is 9.20 Å². The Morgan fingerprint density at radius 3 is 2.17 bits per heavy atom. The molecule has 0 unspecified atom stereocenters. The molecule has 35 heavy (non-hydrogen) atoms. The second-order valence-electron chi connectivity index (χ2n) is 10.6. The second kappa shape index (κ2) is 9.07. The van der Waals surface area contributed by atoms with Crippen molar-refractivity contribution in [3.05, 3.63) is 77.1 Å². The molecule has 4 nitrogen and oxygen atoms in total. The van der Waals surface area contributed by atoms with Gasteiger partial charge < -0.3 is 9.88 Å². The molecular formula is C31H35N3O. The van der Waals surface area contributed by atoms with E-state index in [0.717, 1.165) is 55.5 Å². The van der Waals surface area contributed by atoms with Gasteiger partial charge in [0.2, 0.25) is 0 Å². The Balaban J connectivity index is 1.57. The quantitative estimate of drug-likeness (QED) is 0.343. The summed E-state index contributed by atoms with van der Waals surface area (Å²) in [6, 6.07) is 17.8. The second-order valence-corrected chi connectivity index (χ2v) is 10.6. The van der Waals surface area contributed by atoms with Crippen molar-refractivity contribution in [2.45, 2.75) is 77.8 Å². The lowest BCUT2D eigenvalue weighted by molar-refractivity contribution is 0.0922. The molecular weight excluding hydrogens is 430 g/mol. The minimum atomic E-state index is 0.0712.